The maximum atomic E-state index is 3.83. The van der Waals surface area contributed by atoms with Crippen LogP contribution >= 0.6 is 0 Å². The Morgan fingerprint density at radius 2 is 1.22 bits per heavy atom. The Morgan fingerprint density at radius 1 is 0.756 bits per heavy atom. The van der Waals surface area contributed by atoms with E-state index in [0.29, 0.717) is 0 Å². The molecule has 0 bridgehead atoms. The average molecular weight is 571 g/mol. The quantitative estimate of drug-likeness (QED) is 0.272. The average Bonchev–Trinajstić information content (AvgIpc) is 3.03. The molecule has 0 spiro atoms. The van der Waals surface area contributed by atoms with E-state index in [1.165, 1.54) is 102 Å². The van der Waals surface area contributed by atoms with Gasteiger partial charge < -0.3 is 9.80 Å². The van der Waals surface area contributed by atoms with Gasteiger partial charge in [0.15, 0.2) is 0 Å². The maximum absolute atomic E-state index is 3.83. The zero-order valence-corrected chi connectivity index (χ0v) is 29.5. The van der Waals surface area contributed by atoms with Crippen LogP contribution in [0.3, 0.4) is 0 Å². The predicted molar refractivity (Wildman–Crippen MR) is 192 cm³/mol. The summed E-state index contributed by atoms with van der Waals surface area (Å²) >= 11 is 0. The molecule has 2 nitrogen and oxygen atoms in total. The smallest absolute Gasteiger partial charge is 0.0187 e. The van der Waals surface area contributed by atoms with E-state index in [1.807, 2.05) is 20.0 Å². The van der Waals surface area contributed by atoms with E-state index in [-0.39, 0.29) is 0 Å². The van der Waals surface area contributed by atoms with Crippen molar-refractivity contribution in [2.75, 3.05) is 26.2 Å². The van der Waals surface area contributed by atoms with Gasteiger partial charge in [-0.1, -0.05) is 129 Å². The fourth-order valence-corrected chi connectivity index (χ4v) is 5.11. The fourth-order valence-electron chi connectivity index (χ4n) is 5.11. The molecule has 0 aromatic heterocycles. The molecule has 2 heterocycles. The molecule has 0 saturated carbocycles. The second kappa shape index (κ2) is 31.1. The van der Waals surface area contributed by atoms with Crippen molar-refractivity contribution >= 4 is 0 Å². The van der Waals surface area contributed by atoms with Gasteiger partial charge in [0.1, 0.15) is 0 Å². The number of likely N-dealkylation sites (tertiary alicyclic amines) is 2. The Labute approximate surface area is 260 Å². The number of benzene rings is 1. The van der Waals surface area contributed by atoms with E-state index >= 15 is 0 Å². The molecule has 0 amide bonds. The third-order valence-corrected chi connectivity index (χ3v) is 8.16. The van der Waals surface area contributed by atoms with Crippen molar-refractivity contribution in [2.45, 2.75) is 133 Å². The summed E-state index contributed by atoms with van der Waals surface area (Å²) in [4.78, 5) is 5.06. The van der Waals surface area contributed by atoms with Gasteiger partial charge in [-0.15, -0.1) is 26.3 Å². The highest BCUT2D eigenvalue weighted by Crippen LogP contribution is 2.21. The van der Waals surface area contributed by atoms with Crippen molar-refractivity contribution in [3.8, 4) is 0 Å². The number of rotatable bonds is 9. The first kappa shape index (κ1) is 43.7. The number of piperidine rings is 2. The normalized spacial score (nSPS) is 16.3. The van der Waals surface area contributed by atoms with E-state index in [9.17, 15) is 0 Å². The van der Waals surface area contributed by atoms with Crippen LogP contribution in [0.1, 0.15) is 124 Å². The molecule has 2 fully saturated rings. The van der Waals surface area contributed by atoms with Crippen molar-refractivity contribution in [1.82, 2.24) is 9.80 Å². The first-order valence-electron chi connectivity index (χ1n) is 16.9. The number of hydrogen-bond donors (Lipinski definition) is 0. The molecule has 0 radical (unpaired) electrons. The van der Waals surface area contributed by atoms with Gasteiger partial charge in [0.25, 0.3) is 0 Å². The van der Waals surface area contributed by atoms with E-state index in [2.05, 4.69) is 115 Å². The first-order valence-corrected chi connectivity index (χ1v) is 16.9. The van der Waals surface area contributed by atoms with Gasteiger partial charge in [0, 0.05) is 19.1 Å². The van der Waals surface area contributed by atoms with Crippen LogP contribution in [0.2, 0.25) is 0 Å². The summed E-state index contributed by atoms with van der Waals surface area (Å²) in [5.74, 6) is 2.72. The topological polar surface area (TPSA) is 6.48 Å². The molecule has 2 heteroatoms. The molecule has 1 aromatic rings. The van der Waals surface area contributed by atoms with Crippen LogP contribution in [0.5, 0.6) is 0 Å². The van der Waals surface area contributed by atoms with Gasteiger partial charge in [0.05, 0.1) is 0 Å². The van der Waals surface area contributed by atoms with E-state index < -0.39 is 0 Å². The zero-order valence-electron chi connectivity index (χ0n) is 29.5. The number of hydrogen-bond acceptors (Lipinski definition) is 2. The second-order valence-electron chi connectivity index (χ2n) is 11.7. The molecular formula is C39H74N2. The van der Waals surface area contributed by atoms with Crippen LogP contribution in [0.15, 0.2) is 63.4 Å². The minimum Gasteiger partial charge on any atom is -0.378 e. The summed E-state index contributed by atoms with van der Waals surface area (Å²) in [5.41, 5.74) is 2.66. The van der Waals surface area contributed by atoms with Crippen LogP contribution < -0.4 is 0 Å². The van der Waals surface area contributed by atoms with Crippen molar-refractivity contribution in [3.05, 3.63) is 74.5 Å². The van der Waals surface area contributed by atoms with Gasteiger partial charge in [-0.2, -0.15) is 0 Å². The van der Waals surface area contributed by atoms with Crippen molar-refractivity contribution in [3.63, 3.8) is 0 Å². The molecule has 2 aliphatic heterocycles. The van der Waals surface area contributed by atoms with Gasteiger partial charge >= 0.3 is 0 Å². The third kappa shape index (κ3) is 24.5. The number of aryl methyl sites for hydroxylation is 2. The Bertz CT molecular complexity index is 628. The lowest BCUT2D eigenvalue weighted by Crippen LogP contribution is -2.45. The summed E-state index contributed by atoms with van der Waals surface area (Å²) in [5, 5.41) is 0. The lowest BCUT2D eigenvalue weighted by atomic mass is 9.90. The summed E-state index contributed by atoms with van der Waals surface area (Å²) in [7, 11) is 0. The molecule has 41 heavy (non-hydrogen) atoms. The third-order valence-electron chi connectivity index (χ3n) is 8.16. The SMILES string of the molecule is C=C.C=C.C=CN1CCC(N2CCCCC2)CC1.CC.CCCC(C)CCCC(C)C(C)C.Cc1ccc(C)cc1. The summed E-state index contributed by atoms with van der Waals surface area (Å²) < 4.78 is 0. The minimum atomic E-state index is 0.862. The Kier molecular flexibility index (Phi) is 33.2. The molecule has 1 aromatic carbocycles. The van der Waals surface area contributed by atoms with E-state index in [1.54, 1.807) is 0 Å². The second-order valence-corrected chi connectivity index (χ2v) is 11.7. The van der Waals surface area contributed by atoms with Crippen LogP contribution in [-0.2, 0) is 0 Å². The molecule has 3 rings (SSSR count). The Balaban J connectivity index is -0.000000495. The fraction of sp³-hybridized carbons (Fsp3) is 0.692. The zero-order chi connectivity index (χ0) is 32.1. The Morgan fingerprint density at radius 3 is 1.61 bits per heavy atom. The van der Waals surface area contributed by atoms with Crippen LogP contribution in [-0.4, -0.2) is 42.0 Å². The Hall–Kier alpha value is -1.80. The lowest BCUT2D eigenvalue weighted by Gasteiger charge is -2.39. The summed E-state index contributed by atoms with van der Waals surface area (Å²) in [6, 6.07) is 9.35. The molecule has 0 N–H and O–H groups in total. The first-order chi connectivity index (χ1) is 19.8. The number of nitrogens with zero attached hydrogens (tertiary/aromatic N) is 2. The van der Waals surface area contributed by atoms with Crippen LogP contribution in [0, 0.1) is 31.6 Å². The highest BCUT2D eigenvalue weighted by atomic mass is 15.2. The summed E-state index contributed by atoms with van der Waals surface area (Å²) in [6.45, 7) is 40.9. The van der Waals surface area contributed by atoms with Crippen molar-refractivity contribution in [1.29, 1.82) is 0 Å². The highest BCUT2D eigenvalue weighted by molar-refractivity contribution is 5.19. The monoisotopic (exact) mass is 571 g/mol. The molecule has 0 aliphatic carbocycles. The molecular weight excluding hydrogens is 496 g/mol. The van der Waals surface area contributed by atoms with Crippen molar-refractivity contribution < 1.29 is 0 Å². The highest BCUT2D eigenvalue weighted by Gasteiger charge is 2.24. The molecule has 2 atom stereocenters. The van der Waals surface area contributed by atoms with Gasteiger partial charge in [0.2, 0.25) is 0 Å². The van der Waals surface area contributed by atoms with Gasteiger partial charge in [-0.05, 0) is 76.6 Å². The maximum Gasteiger partial charge on any atom is 0.0187 e. The van der Waals surface area contributed by atoms with Crippen LogP contribution in [0.25, 0.3) is 0 Å². The molecule has 2 saturated heterocycles. The van der Waals surface area contributed by atoms with Crippen LogP contribution in [0.4, 0.5) is 0 Å². The van der Waals surface area contributed by atoms with Crippen molar-refractivity contribution in [2.24, 2.45) is 17.8 Å². The largest absolute Gasteiger partial charge is 0.378 e. The lowest BCUT2D eigenvalue weighted by molar-refractivity contribution is 0.109. The van der Waals surface area contributed by atoms with E-state index in [0.717, 1.165) is 23.8 Å². The van der Waals surface area contributed by atoms with E-state index in [4.69, 9.17) is 0 Å². The molecule has 2 unspecified atom stereocenters. The standard InChI is InChI=1S/C13H28.C12H22N2.C8H10.C2H6.2C2H4/c1-6-8-12(4)9-7-10-13(5)11(2)3;1-2-13-10-6-12(7-11-13)14-8-4-3-5-9-14;1-7-3-5-8(2)6-4-7;3*1-2/h11-13H,6-10H2,1-5H3;2,12H,1,3-11H2;3-6H,1-2H3;1-2H3;2*1-2H2. The molecule has 2 aliphatic rings. The molecule has 240 valence electrons. The van der Waals surface area contributed by atoms with Gasteiger partial charge in [-0.3, -0.25) is 0 Å². The minimum absolute atomic E-state index is 0.862. The predicted octanol–water partition coefficient (Wildman–Crippen LogP) is 11.9. The summed E-state index contributed by atoms with van der Waals surface area (Å²) in [6.07, 6.45) is 16.0. The van der Waals surface area contributed by atoms with Gasteiger partial charge in [-0.25, -0.2) is 0 Å².